The molecule has 16 heavy (non-hydrogen) atoms. The van der Waals surface area contributed by atoms with E-state index in [1.54, 1.807) is 0 Å². The lowest BCUT2D eigenvalue weighted by atomic mass is 10.0. The molecule has 0 aliphatic carbocycles. The second-order valence-electron chi connectivity index (χ2n) is 4.19. The first-order valence-electron chi connectivity index (χ1n) is 5.49. The fraction of sp³-hybridized carbons (Fsp3) is 0.308. The standard InChI is InChI=1S/C13H12ClNO/c1-8-6-7-10-12(14)9-4-2-3-5-11(9)15-13(10)16-8/h2-5,8H,6-7H2,1H3. The lowest BCUT2D eigenvalue weighted by molar-refractivity contribution is 0.184. The number of hydrogen-bond acceptors (Lipinski definition) is 2. The average Bonchev–Trinajstić information content (AvgIpc) is 2.29. The Bertz CT molecular complexity index is 553. The lowest BCUT2D eigenvalue weighted by Crippen LogP contribution is -2.20. The van der Waals surface area contributed by atoms with Gasteiger partial charge in [0, 0.05) is 10.9 Å². The van der Waals surface area contributed by atoms with E-state index in [0.717, 1.165) is 34.3 Å². The summed E-state index contributed by atoms with van der Waals surface area (Å²) in [5.41, 5.74) is 1.96. The summed E-state index contributed by atoms with van der Waals surface area (Å²) < 4.78 is 5.73. The molecule has 1 unspecified atom stereocenters. The minimum absolute atomic E-state index is 0.234. The number of nitrogens with zero attached hydrogens (tertiary/aromatic N) is 1. The highest BCUT2D eigenvalue weighted by Gasteiger charge is 2.21. The van der Waals surface area contributed by atoms with Crippen LogP contribution in [0.25, 0.3) is 10.9 Å². The summed E-state index contributed by atoms with van der Waals surface area (Å²) in [7, 11) is 0. The van der Waals surface area contributed by atoms with Crippen molar-refractivity contribution in [3.8, 4) is 5.88 Å². The molecule has 0 spiro atoms. The summed E-state index contributed by atoms with van der Waals surface area (Å²) in [5.74, 6) is 0.711. The van der Waals surface area contributed by atoms with Crippen molar-refractivity contribution in [2.75, 3.05) is 0 Å². The molecule has 1 aromatic heterocycles. The van der Waals surface area contributed by atoms with Gasteiger partial charge in [0.15, 0.2) is 0 Å². The first-order valence-corrected chi connectivity index (χ1v) is 5.87. The Hall–Kier alpha value is -1.28. The van der Waals surface area contributed by atoms with Crippen molar-refractivity contribution in [2.45, 2.75) is 25.9 Å². The molecule has 82 valence electrons. The molecule has 2 heterocycles. The molecule has 2 aromatic rings. The Morgan fingerprint density at radius 2 is 2.19 bits per heavy atom. The van der Waals surface area contributed by atoms with Gasteiger partial charge in [-0.2, -0.15) is 0 Å². The van der Waals surface area contributed by atoms with Gasteiger partial charge in [0.05, 0.1) is 16.6 Å². The second-order valence-corrected chi connectivity index (χ2v) is 4.57. The highest BCUT2D eigenvalue weighted by atomic mass is 35.5. The third-order valence-corrected chi connectivity index (χ3v) is 3.43. The van der Waals surface area contributed by atoms with E-state index in [2.05, 4.69) is 11.9 Å². The zero-order chi connectivity index (χ0) is 11.1. The van der Waals surface area contributed by atoms with Crippen LogP contribution in [0.15, 0.2) is 24.3 Å². The Morgan fingerprint density at radius 3 is 3.06 bits per heavy atom. The Kier molecular flexibility index (Phi) is 2.25. The van der Waals surface area contributed by atoms with Gasteiger partial charge in [0.25, 0.3) is 0 Å². The van der Waals surface area contributed by atoms with E-state index in [0.29, 0.717) is 5.88 Å². The minimum atomic E-state index is 0.234. The van der Waals surface area contributed by atoms with Crippen LogP contribution < -0.4 is 4.74 Å². The number of para-hydroxylation sites is 1. The number of pyridine rings is 1. The molecule has 0 radical (unpaired) electrons. The van der Waals surface area contributed by atoms with Gasteiger partial charge in [-0.3, -0.25) is 0 Å². The maximum absolute atomic E-state index is 6.39. The van der Waals surface area contributed by atoms with Crippen molar-refractivity contribution >= 4 is 22.5 Å². The van der Waals surface area contributed by atoms with Crippen molar-refractivity contribution in [1.29, 1.82) is 0 Å². The average molecular weight is 234 g/mol. The molecule has 1 aliphatic heterocycles. The number of hydrogen-bond donors (Lipinski definition) is 0. The Morgan fingerprint density at radius 1 is 1.38 bits per heavy atom. The molecule has 1 aliphatic rings. The van der Waals surface area contributed by atoms with Crippen molar-refractivity contribution in [3.63, 3.8) is 0 Å². The van der Waals surface area contributed by atoms with E-state index in [9.17, 15) is 0 Å². The molecule has 0 amide bonds. The number of fused-ring (bicyclic) bond motifs is 2. The van der Waals surface area contributed by atoms with Crippen molar-refractivity contribution in [3.05, 3.63) is 34.9 Å². The van der Waals surface area contributed by atoms with Crippen LogP contribution in [0.3, 0.4) is 0 Å². The van der Waals surface area contributed by atoms with Gasteiger partial charge in [0.2, 0.25) is 5.88 Å². The Labute approximate surface area is 99.2 Å². The van der Waals surface area contributed by atoms with Gasteiger partial charge in [0.1, 0.15) is 0 Å². The topological polar surface area (TPSA) is 22.1 Å². The summed E-state index contributed by atoms with van der Waals surface area (Å²) in [6.45, 7) is 2.06. The third kappa shape index (κ3) is 1.45. The summed E-state index contributed by atoms with van der Waals surface area (Å²) in [5, 5.41) is 1.81. The van der Waals surface area contributed by atoms with E-state index < -0.39 is 0 Å². The molecule has 1 atom stereocenters. The van der Waals surface area contributed by atoms with Crippen LogP contribution >= 0.6 is 11.6 Å². The predicted octanol–water partition coefficient (Wildman–Crippen LogP) is 3.60. The van der Waals surface area contributed by atoms with Crippen LogP contribution in [0.1, 0.15) is 18.9 Å². The van der Waals surface area contributed by atoms with E-state index in [4.69, 9.17) is 16.3 Å². The van der Waals surface area contributed by atoms with Gasteiger partial charge >= 0.3 is 0 Å². The van der Waals surface area contributed by atoms with Crippen LogP contribution in [0.5, 0.6) is 5.88 Å². The molecule has 3 rings (SSSR count). The zero-order valence-electron chi connectivity index (χ0n) is 9.03. The predicted molar refractivity (Wildman–Crippen MR) is 65.2 cm³/mol. The van der Waals surface area contributed by atoms with Crippen molar-refractivity contribution in [2.24, 2.45) is 0 Å². The molecule has 0 N–H and O–H groups in total. The highest BCUT2D eigenvalue weighted by molar-refractivity contribution is 6.36. The van der Waals surface area contributed by atoms with Crippen LogP contribution in [-0.4, -0.2) is 11.1 Å². The SMILES string of the molecule is CC1CCc2c(nc3ccccc3c2Cl)O1. The van der Waals surface area contributed by atoms with Crippen LogP contribution in [0.2, 0.25) is 5.02 Å². The molecular weight excluding hydrogens is 222 g/mol. The molecule has 0 saturated carbocycles. The number of benzene rings is 1. The Balaban J connectivity index is 2.29. The largest absolute Gasteiger partial charge is 0.474 e. The van der Waals surface area contributed by atoms with Crippen molar-refractivity contribution in [1.82, 2.24) is 4.98 Å². The molecule has 0 fully saturated rings. The summed E-state index contributed by atoms with van der Waals surface area (Å²) >= 11 is 6.39. The molecule has 2 nitrogen and oxygen atoms in total. The van der Waals surface area contributed by atoms with Gasteiger partial charge < -0.3 is 4.74 Å². The second kappa shape index (κ2) is 3.63. The van der Waals surface area contributed by atoms with Crippen molar-refractivity contribution < 1.29 is 4.74 Å². The van der Waals surface area contributed by atoms with Crippen LogP contribution in [-0.2, 0) is 6.42 Å². The van der Waals surface area contributed by atoms with E-state index in [1.807, 2.05) is 24.3 Å². The molecule has 3 heteroatoms. The first-order chi connectivity index (χ1) is 7.75. The first kappa shape index (κ1) is 9.91. The van der Waals surface area contributed by atoms with Gasteiger partial charge in [-0.25, -0.2) is 4.98 Å². The van der Waals surface area contributed by atoms with Gasteiger partial charge in [-0.05, 0) is 25.8 Å². The van der Waals surface area contributed by atoms with E-state index in [-0.39, 0.29) is 6.10 Å². The van der Waals surface area contributed by atoms with Crippen LogP contribution in [0.4, 0.5) is 0 Å². The van der Waals surface area contributed by atoms with Gasteiger partial charge in [-0.15, -0.1) is 0 Å². The zero-order valence-corrected chi connectivity index (χ0v) is 9.79. The molecule has 0 saturated heterocycles. The summed E-state index contributed by atoms with van der Waals surface area (Å²) in [6, 6.07) is 7.91. The third-order valence-electron chi connectivity index (χ3n) is 3.00. The highest BCUT2D eigenvalue weighted by Crippen LogP contribution is 2.36. The van der Waals surface area contributed by atoms with Gasteiger partial charge in [-0.1, -0.05) is 29.8 Å². The van der Waals surface area contributed by atoms with E-state index >= 15 is 0 Å². The fourth-order valence-corrected chi connectivity index (χ4v) is 2.44. The number of halogens is 1. The smallest absolute Gasteiger partial charge is 0.218 e. The molecule has 1 aromatic carbocycles. The van der Waals surface area contributed by atoms with Crippen LogP contribution in [0, 0.1) is 0 Å². The number of aromatic nitrogens is 1. The summed E-state index contributed by atoms with van der Waals surface area (Å²) in [6.07, 6.45) is 2.19. The lowest BCUT2D eigenvalue weighted by Gasteiger charge is -2.23. The fourth-order valence-electron chi connectivity index (χ4n) is 2.10. The molecular formula is C13H12ClNO. The monoisotopic (exact) mass is 233 g/mol. The normalized spacial score (nSPS) is 19.2. The summed E-state index contributed by atoms with van der Waals surface area (Å²) in [4.78, 5) is 4.52. The number of rotatable bonds is 0. The molecule has 0 bridgehead atoms. The van der Waals surface area contributed by atoms with E-state index in [1.165, 1.54) is 0 Å². The quantitative estimate of drug-likeness (QED) is 0.694. The maximum Gasteiger partial charge on any atom is 0.218 e. The number of ether oxygens (including phenoxy) is 1. The maximum atomic E-state index is 6.39. The minimum Gasteiger partial charge on any atom is -0.474 e.